The molecule has 0 aliphatic rings. The summed E-state index contributed by atoms with van der Waals surface area (Å²) in [5.74, 6) is 0. The zero-order valence-corrected chi connectivity index (χ0v) is 12.4. The van der Waals surface area contributed by atoms with Crippen molar-refractivity contribution in [2.45, 2.75) is 26.1 Å². The molecule has 0 radical (unpaired) electrons. The highest BCUT2D eigenvalue weighted by atomic mass is 35.5. The Morgan fingerprint density at radius 3 is 2.29 bits per heavy atom. The van der Waals surface area contributed by atoms with Gasteiger partial charge in [-0.15, -0.1) is 22.9 Å². The van der Waals surface area contributed by atoms with E-state index in [4.69, 9.17) is 23.2 Å². The molecule has 90 valence electrons. The van der Waals surface area contributed by atoms with E-state index in [1.807, 2.05) is 19.1 Å². The lowest BCUT2D eigenvalue weighted by atomic mass is 10.1. The third-order valence-electron chi connectivity index (χ3n) is 2.78. The Hall–Kier alpha value is -0.500. The van der Waals surface area contributed by atoms with Crippen LogP contribution in [0.1, 0.15) is 31.8 Å². The number of hydrogen-bond acceptors (Lipinski definition) is 1. The van der Waals surface area contributed by atoms with Gasteiger partial charge in [0.1, 0.15) is 0 Å². The topological polar surface area (TPSA) is 0 Å². The van der Waals surface area contributed by atoms with Crippen LogP contribution in [0.2, 0.25) is 5.02 Å². The summed E-state index contributed by atoms with van der Waals surface area (Å²) in [7, 11) is 0. The van der Waals surface area contributed by atoms with Crippen molar-refractivity contribution in [2.75, 3.05) is 0 Å². The number of aryl methyl sites for hydroxylation is 3. The summed E-state index contributed by atoms with van der Waals surface area (Å²) >= 11 is 14.3. The molecule has 17 heavy (non-hydrogen) atoms. The van der Waals surface area contributed by atoms with Crippen molar-refractivity contribution < 1.29 is 0 Å². The summed E-state index contributed by atoms with van der Waals surface area (Å²) in [5, 5.41) is 0.710. The number of thiophene rings is 1. The lowest BCUT2D eigenvalue weighted by molar-refractivity contribution is 1.15. The van der Waals surface area contributed by atoms with Crippen molar-refractivity contribution in [1.82, 2.24) is 0 Å². The van der Waals surface area contributed by atoms with Crippen LogP contribution < -0.4 is 0 Å². The number of alkyl halides is 1. The lowest BCUT2D eigenvalue weighted by Crippen LogP contribution is -1.93. The van der Waals surface area contributed by atoms with Crippen molar-refractivity contribution in [3.63, 3.8) is 0 Å². The maximum Gasteiger partial charge on any atom is 0.0930 e. The Bertz CT molecular complexity index is 543. The van der Waals surface area contributed by atoms with Gasteiger partial charge in [0.25, 0.3) is 0 Å². The van der Waals surface area contributed by atoms with Crippen LogP contribution in [-0.2, 0) is 0 Å². The normalized spacial score (nSPS) is 12.8. The van der Waals surface area contributed by atoms with Gasteiger partial charge >= 0.3 is 0 Å². The summed E-state index contributed by atoms with van der Waals surface area (Å²) < 4.78 is 0. The predicted molar refractivity (Wildman–Crippen MR) is 77.7 cm³/mol. The second kappa shape index (κ2) is 5.01. The van der Waals surface area contributed by atoms with Gasteiger partial charge in [0.05, 0.1) is 5.38 Å². The van der Waals surface area contributed by atoms with Crippen molar-refractivity contribution in [3.8, 4) is 0 Å². The van der Waals surface area contributed by atoms with E-state index in [1.54, 1.807) is 11.3 Å². The highest BCUT2D eigenvalue weighted by Gasteiger charge is 2.16. The minimum Gasteiger partial charge on any atom is -0.143 e. The molecule has 0 amide bonds. The highest BCUT2D eigenvalue weighted by Crippen LogP contribution is 2.37. The molecule has 2 rings (SSSR count). The van der Waals surface area contributed by atoms with Gasteiger partial charge in [-0.25, -0.2) is 0 Å². The first-order valence-corrected chi connectivity index (χ1v) is 7.09. The molecular weight excluding hydrogens is 271 g/mol. The van der Waals surface area contributed by atoms with Crippen LogP contribution in [-0.4, -0.2) is 0 Å². The number of halogens is 2. The van der Waals surface area contributed by atoms with Crippen molar-refractivity contribution in [1.29, 1.82) is 0 Å². The molecule has 3 heteroatoms. The zero-order chi connectivity index (χ0) is 12.6. The van der Waals surface area contributed by atoms with Crippen LogP contribution in [0, 0.1) is 20.8 Å². The van der Waals surface area contributed by atoms with E-state index < -0.39 is 0 Å². The van der Waals surface area contributed by atoms with E-state index in [0.717, 1.165) is 16.1 Å². The average molecular weight is 285 g/mol. The third kappa shape index (κ3) is 2.67. The fourth-order valence-electron chi connectivity index (χ4n) is 1.89. The minimum absolute atomic E-state index is 0.0790. The Kier molecular flexibility index (Phi) is 3.82. The van der Waals surface area contributed by atoms with E-state index in [2.05, 4.69) is 26.0 Å². The predicted octanol–water partition coefficient (Wildman–Crippen LogP) is 5.65. The lowest BCUT2D eigenvalue weighted by Gasteiger charge is -2.11. The van der Waals surface area contributed by atoms with E-state index in [1.165, 1.54) is 15.3 Å². The van der Waals surface area contributed by atoms with Crippen molar-refractivity contribution in [2.24, 2.45) is 0 Å². The fraction of sp³-hybridized carbons (Fsp3) is 0.286. The molecule has 0 aliphatic carbocycles. The fourth-order valence-corrected chi connectivity index (χ4v) is 3.49. The molecule has 1 unspecified atom stereocenters. The molecule has 0 bridgehead atoms. The largest absolute Gasteiger partial charge is 0.143 e. The second-order valence-corrected chi connectivity index (χ2v) is 6.41. The molecule has 0 saturated carbocycles. The molecule has 1 atom stereocenters. The number of hydrogen-bond donors (Lipinski definition) is 0. The summed E-state index contributed by atoms with van der Waals surface area (Å²) in [4.78, 5) is 2.53. The van der Waals surface area contributed by atoms with Gasteiger partial charge in [-0.05, 0) is 49.6 Å². The van der Waals surface area contributed by atoms with E-state index in [0.29, 0.717) is 0 Å². The van der Waals surface area contributed by atoms with Crippen LogP contribution >= 0.6 is 34.5 Å². The summed E-state index contributed by atoms with van der Waals surface area (Å²) in [6.45, 7) is 6.22. The SMILES string of the molecule is Cc1cc(C)c(C(Cl)c2ccc(Cl)c(C)c2)s1. The smallest absolute Gasteiger partial charge is 0.0930 e. The molecule has 0 spiro atoms. The Morgan fingerprint density at radius 2 is 1.76 bits per heavy atom. The van der Waals surface area contributed by atoms with Crippen LogP contribution in [0.5, 0.6) is 0 Å². The molecule has 2 aromatic rings. The number of rotatable bonds is 2. The Morgan fingerprint density at radius 1 is 1.06 bits per heavy atom. The van der Waals surface area contributed by atoms with Crippen LogP contribution in [0.15, 0.2) is 24.3 Å². The average Bonchev–Trinajstić information content (AvgIpc) is 2.61. The first kappa shape index (κ1) is 12.9. The third-order valence-corrected chi connectivity index (χ3v) is 5.03. The van der Waals surface area contributed by atoms with Gasteiger partial charge in [-0.2, -0.15) is 0 Å². The molecular formula is C14H14Cl2S. The molecule has 0 nitrogen and oxygen atoms in total. The van der Waals surface area contributed by atoms with Gasteiger partial charge < -0.3 is 0 Å². The standard InChI is InChI=1S/C14H14Cl2S/c1-8-7-11(4-5-12(8)15)13(16)14-9(2)6-10(3)17-14/h4-7,13H,1-3H3. The van der Waals surface area contributed by atoms with Crippen molar-refractivity contribution >= 4 is 34.5 Å². The molecule has 1 heterocycles. The Labute approximate surface area is 116 Å². The quantitative estimate of drug-likeness (QED) is 0.625. The highest BCUT2D eigenvalue weighted by molar-refractivity contribution is 7.12. The monoisotopic (exact) mass is 284 g/mol. The van der Waals surface area contributed by atoms with E-state index in [-0.39, 0.29) is 5.38 Å². The van der Waals surface area contributed by atoms with Crippen LogP contribution in [0.25, 0.3) is 0 Å². The first-order valence-electron chi connectivity index (χ1n) is 5.46. The van der Waals surface area contributed by atoms with Gasteiger partial charge in [-0.1, -0.05) is 23.7 Å². The van der Waals surface area contributed by atoms with E-state index in [9.17, 15) is 0 Å². The molecule has 0 aliphatic heterocycles. The maximum absolute atomic E-state index is 6.54. The van der Waals surface area contributed by atoms with Crippen LogP contribution in [0.3, 0.4) is 0 Å². The zero-order valence-electron chi connectivity index (χ0n) is 10.1. The van der Waals surface area contributed by atoms with Gasteiger partial charge in [0.15, 0.2) is 0 Å². The van der Waals surface area contributed by atoms with Gasteiger partial charge in [0.2, 0.25) is 0 Å². The van der Waals surface area contributed by atoms with E-state index >= 15 is 0 Å². The summed E-state index contributed by atoms with van der Waals surface area (Å²) in [6, 6.07) is 8.16. The minimum atomic E-state index is -0.0790. The van der Waals surface area contributed by atoms with Crippen LogP contribution in [0.4, 0.5) is 0 Å². The van der Waals surface area contributed by atoms with Crippen molar-refractivity contribution in [3.05, 3.63) is 55.7 Å². The molecule has 1 aromatic carbocycles. The first-order chi connectivity index (χ1) is 7.99. The second-order valence-electron chi connectivity index (χ2n) is 4.28. The summed E-state index contributed by atoms with van der Waals surface area (Å²) in [6.07, 6.45) is 0. The molecule has 0 N–H and O–H groups in total. The Balaban J connectivity index is 2.40. The van der Waals surface area contributed by atoms with Gasteiger partial charge in [0, 0.05) is 14.8 Å². The molecule has 0 fully saturated rings. The maximum atomic E-state index is 6.54. The van der Waals surface area contributed by atoms with Gasteiger partial charge in [-0.3, -0.25) is 0 Å². The molecule has 0 saturated heterocycles. The molecule has 1 aromatic heterocycles. The summed E-state index contributed by atoms with van der Waals surface area (Å²) in [5.41, 5.74) is 3.44. The number of benzene rings is 1.